The Kier molecular flexibility index (Phi) is 2.03. The van der Waals surface area contributed by atoms with E-state index in [0.29, 0.717) is 0 Å². The average molecular weight is 285 g/mol. The van der Waals surface area contributed by atoms with Gasteiger partial charge in [-0.3, -0.25) is 0 Å². The zero-order valence-electron chi connectivity index (χ0n) is 6.04. The number of rotatable bonds is 0. The van der Waals surface area contributed by atoms with Crippen LogP contribution in [-0.2, 0) is 0 Å². The molecule has 0 aliphatic carbocycles. The highest BCUT2D eigenvalue weighted by atomic mass is 127. The summed E-state index contributed by atoms with van der Waals surface area (Å²) in [6, 6.07) is 10.2. The van der Waals surface area contributed by atoms with Crippen LogP contribution in [0.3, 0.4) is 0 Å². The lowest BCUT2D eigenvalue weighted by molar-refractivity contribution is 1.52. The van der Waals surface area contributed by atoms with Crippen molar-refractivity contribution in [2.45, 2.75) is 0 Å². The SMILES string of the molecule is N#Cc1cc2cccc(I)c2s1. The Bertz CT molecular complexity index is 467. The second-order valence-corrected chi connectivity index (χ2v) is 4.60. The molecule has 0 fully saturated rings. The predicted octanol–water partition coefficient (Wildman–Crippen LogP) is 3.38. The Hall–Kier alpha value is -0.600. The van der Waals surface area contributed by atoms with E-state index in [9.17, 15) is 0 Å². The molecule has 1 nitrogen and oxygen atoms in total. The van der Waals surface area contributed by atoms with Gasteiger partial charge in [-0.25, -0.2) is 0 Å². The van der Waals surface area contributed by atoms with E-state index in [0.717, 1.165) is 4.88 Å². The van der Waals surface area contributed by atoms with Crippen molar-refractivity contribution in [2.75, 3.05) is 0 Å². The highest BCUT2D eigenvalue weighted by Gasteiger charge is 2.02. The molecule has 58 valence electrons. The molecule has 0 saturated heterocycles. The van der Waals surface area contributed by atoms with E-state index in [-0.39, 0.29) is 0 Å². The fourth-order valence-electron chi connectivity index (χ4n) is 1.08. The first kappa shape index (κ1) is 8.02. The molecule has 0 aliphatic rings. The molecule has 0 N–H and O–H groups in total. The maximum atomic E-state index is 8.69. The van der Waals surface area contributed by atoms with Gasteiger partial charge in [-0.05, 0) is 40.1 Å². The highest BCUT2D eigenvalue weighted by Crippen LogP contribution is 2.28. The number of hydrogen-bond acceptors (Lipinski definition) is 2. The van der Waals surface area contributed by atoms with Crippen LogP contribution in [-0.4, -0.2) is 0 Å². The summed E-state index contributed by atoms with van der Waals surface area (Å²) in [7, 11) is 0. The number of benzene rings is 1. The number of fused-ring (bicyclic) bond motifs is 1. The minimum Gasteiger partial charge on any atom is -0.192 e. The molecule has 12 heavy (non-hydrogen) atoms. The van der Waals surface area contributed by atoms with Gasteiger partial charge < -0.3 is 0 Å². The molecule has 0 saturated carbocycles. The lowest BCUT2D eigenvalue weighted by atomic mass is 10.2. The van der Waals surface area contributed by atoms with Gasteiger partial charge in [-0.1, -0.05) is 12.1 Å². The first-order valence-electron chi connectivity index (χ1n) is 3.39. The van der Waals surface area contributed by atoms with E-state index >= 15 is 0 Å². The Balaban J connectivity index is 2.85. The van der Waals surface area contributed by atoms with Crippen LogP contribution in [0.4, 0.5) is 0 Å². The van der Waals surface area contributed by atoms with E-state index in [1.807, 2.05) is 18.2 Å². The normalized spacial score (nSPS) is 10.0. The van der Waals surface area contributed by atoms with Crippen molar-refractivity contribution in [3.63, 3.8) is 0 Å². The second kappa shape index (κ2) is 3.04. The summed E-state index contributed by atoms with van der Waals surface area (Å²) in [5.41, 5.74) is 0. The third-order valence-electron chi connectivity index (χ3n) is 1.61. The average Bonchev–Trinajstić information content (AvgIpc) is 2.49. The Labute approximate surface area is 87.8 Å². The Morgan fingerprint density at radius 3 is 2.92 bits per heavy atom. The predicted molar refractivity (Wildman–Crippen MR) is 59.3 cm³/mol. The molecule has 1 heterocycles. The minimum atomic E-state index is 0.786. The van der Waals surface area contributed by atoms with Crippen LogP contribution >= 0.6 is 33.9 Å². The van der Waals surface area contributed by atoms with Crippen molar-refractivity contribution in [1.82, 2.24) is 0 Å². The Morgan fingerprint density at radius 1 is 1.42 bits per heavy atom. The molecular formula is C9H4INS. The van der Waals surface area contributed by atoms with Crippen molar-refractivity contribution in [1.29, 1.82) is 5.26 Å². The fourth-order valence-corrected chi connectivity index (χ4v) is 2.79. The van der Waals surface area contributed by atoms with Gasteiger partial charge in [0.1, 0.15) is 10.9 Å². The fraction of sp³-hybridized carbons (Fsp3) is 0. The molecule has 3 heteroatoms. The number of halogens is 1. The molecule has 0 bridgehead atoms. The zero-order chi connectivity index (χ0) is 8.55. The molecule has 0 unspecified atom stereocenters. The van der Waals surface area contributed by atoms with Gasteiger partial charge >= 0.3 is 0 Å². The van der Waals surface area contributed by atoms with Gasteiger partial charge in [0.2, 0.25) is 0 Å². The summed E-state index contributed by atoms with van der Waals surface area (Å²) in [5.74, 6) is 0. The second-order valence-electron chi connectivity index (χ2n) is 2.38. The van der Waals surface area contributed by atoms with Gasteiger partial charge in [0.25, 0.3) is 0 Å². The van der Waals surface area contributed by atoms with Gasteiger partial charge in [-0.15, -0.1) is 11.3 Å². The van der Waals surface area contributed by atoms with E-state index in [2.05, 4.69) is 34.7 Å². The maximum absolute atomic E-state index is 8.69. The van der Waals surface area contributed by atoms with E-state index < -0.39 is 0 Å². The van der Waals surface area contributed by atoms with Crippen LogP contribution in [0.1, 0.15) is 4.88 Å². The van der Waals surface area contributed by atoms with Gasteiger partial charge in [0.05, 0.1) is 0 Å². The largest absolute Gasteiger partial charge is 0.192 e. The first-order valence-corrected chi connectivity index (χ1v) is 5.29. The van der Waals surface area contributed by atoms with Gasteiger partial charge in [0.15, 0.2) is 0 Å². The van der Waals surface area contributed by atoms with E-state index in [1.54, 1.807) is 11.3 Å². The van der Waals surface area contributed by atoms with Crippen molar-refractivity contribution in [3.05, 3.63) is 32.7 Å². The van der Waals surface area contributed by atoms with Crippen LogP contribution < -0.4 is 0 Å². The van der Waals surface area contributed by atoms with Crippen LogP contribution in [0, 0.1) is 14.9 Å². The molecular weight excluding hydrogens is 281 g/mol. The summed E-state index contributed by atoms with van der Waals surface area (Å²) < 4.78 is 2.44. The summed E-state index contributed by atoms with van der Waals surface area (Å²) in [6.07, 6.45) is 0. The monoisotopic (exact) mass is 285 g/mol. The smallest absolute Gasteiger partial charge is 0.110 e. The molecule has 0 aliphatic heterocycles. The molecule has 1 aromatic carbocycles. The van der Waals surface area contributed by atoms with Crippen molar-refractivity contribution >= 4 is 44.0 Å². The minimum absolute atomic E-state index is 0.786. The standard InChI is InChI=1S/C9H4INS/c10-8-3-1-2-6-4-7(5-11)12-9(6)8/h1-4H. The van der Waals surface area contributed by atoms with Crippen LogP contribution in [0.5, 0.6) is 0 Å². The third kappa shape index (κ3) is 1.21. The van der Waals surface area contributed by atoms with Crippen molar-refractivity contribution in [3.8, 4) is 6.07 Å². The van der Waals surface area contributed by atoms with Crippen LogP contribution in [0.2, 0.25) is 0 Å². The lowest BCUT2D eigenvalue weighted by Crippen LogP contribution is -1.66. The van der Waals surface area contributed by atoms with Crippen molar-refractivity contribution in [2.24, 2.45) is 0 Å². The maximum Gasteiger partial charge on any atom is 0.110 e. The van der Waals surface area contributed by atoms with Crippen LogP contribution in [0.15, 0.2) is 24.3 Å². The van der Waals surface area contributed by atoms with E-state index in [4.69, 9.17) is 5.26 Å². The van der Waals surface area contributed by atoms with Crippen molar-refractivity contribution < 1.29 is 0 Å². The highest BCUT2D eigenvalue weighted by molar-refractivity contribution is 14.1. The third-order valence-corrected chi connectivity index (χ3v) is 3.96. The lowest BCUT2D eigenvalue weighted by Gasteiger charge is -1.89. The summed E-state index contributed by atoms with van der Waals surface area (Å²) in [5, 5.41) is 9.86. The zero-order valence-corrected chi connectivity index (χ0v) is 9.02. The molecule has 0 radical (unpaired) electrons. The van der Waals surface area contributed by atoms with E-state index in [1.165, 1.54) is 13.7 Å². The topological polar surface area (TPSA) is 23.8 Å². The summed E-state index contributed by atoms with van der Waals surface area (Å²) >= 11 is 3.84. The summed E-state index contributed by atoms with van der Waals surface area (Å²) in [6.45, 7) is 0. The quantitative estimate of drug-likeness (QED) is 0.681. The molecule has 2 rings (SSSR count). The number of thiophene rings is 1. The Morgan fingerprint density at radius 2 is 2.25 bits per heavy atom. The number of nitrogens with zero attached hydrogens (tertiary/aromatic N) is 1. The molecule has 0 spiro atoms. The molecule has 1 aromatic heterocycles. The van der Waals surface area contributed by atoms with Crippen LogP contribution in [0.25, 0.3) is 10.1 Å². The van der Waals surface area contributed by atoms with Gasteiger partial charge in [-0.2, -0.15) is 5.26 Å². The molecule has 0 atom stereocenters. The number of nitriles is 1. The summed E-state index contributed by atoms with van der Waals surface area (Å²) in [4.78, 5) is 0.786. The molecule has 0 amide bonds. The van der Waals surface area contributed by atoms with Gasteiger partial charge in [0, 0.05) is 8.27 Å². The first-order chi connectivity index (χ1) is 5.81. The molecule has 2 aromatic rings. The number of hydrogen-bond donors (Lipinski definition) is 0.